The van der Waals surface area contributed by atoms with Gasteiger partial charge in [0.25, 0.3) is 0 Å². The maximum absolute atomic E-state index is 5.73. The van der Waals surface area contributed by atoms with Gasteiger partial charge in [-0.1, -0.05) is 50.2 Å². The third-order valence-corrected chi connectivity index (χ3v) is 3.94. The fraction of sp³-hybridized carbons (Fsp3) is 0.333. The molecule has 1 heteroatoms. The summed E-state index contributed by atoms with van der Waals surface area (Å²) in [5, 5.41) is 0. The first-order chi connectivity index (χ1) is 9.15. The summed E-state index contributed by atoms with van der Waals surface area (Å²) in [4.78, 5) is 0. The van der Waals surface area contributed by atoms with Crippen LogP contribution in [0.15, 0.2) is 42.5 Å². The van der Waals surface area contributed by atoms with Crippen molar-refractivity contribution in [2.75, 3.05) is 0 Å². The second-order valence-corrected chi connectivity index (χ2v) is 5.28. The molecule has 0 saturated heterocycles. The summed E-state index contributed by atoms with van der Waals surface area (Å²) >= 11 is 0. The summed E-state index contributed by atoms with van der Waals surface area (Å²) in [6.07, 6.45) is 1.18. The van der Waals surface area contributed by atoms with Crippen molar-refractivity contribution < 1.29 is 0 Å². The van der Waals surface area contributed by atoms with Crippen LogP contribution in [0.1, 0.15) is 42.9 Å². The highest BCUT2D eigenvalue weighted by Gasteiger charge is 2.06. The van der Waals surface area contributed by atoms with E-state index in [9.17, 15) is 0 Å². The van der Waals surface area contributed by atoms with Crippen molar-refractivity contribution in [3.63, 3.8) is 0 Å². The molecule has 0 amide bonds. The summed E-state index contributed by atoms with van der Waals surface area (Å²) in [7, 11) is 0. The Morgan fingerprint density at radius 1 is 1.05 bits per heavy atom. The highest BCUT2D eigenvalue weighted by Crippen LogP contribution is 2.27. The maximum Gasteiger partial charge on any atom is 0.0178 e. The van der Waals surface area contributed by atoms with Gasteiger partial charge in [-0.25, -0.2) is 0 Å². The smallest absolute Gasteiger partial charge is 0.0178 e. The van der Waals surface area contributed by atoms with E-state index in [1.807, 2.05) is 0 Å². The second kappa shape index (κ2) is 6.03. The van der Waals surface area contributed by atoms with E-state index < -0.39 is 0 Å². The Balaban J connectivity index is 2.36. The van der Waals surface area contributed by atoms with Crippen molar-refractivity contribution in [1.29, 1.82) is 0 Å². The van der Waals surface area contributed by atoms with Crippen molar-refractivity contribution >= 4 is 0 Å². The van der Waals surface area contributed by atoms with Crippen molar-refractivity contribution in [3.05, 3.63) is 59.2 Å². The number of aryl methyl sites for hydroxylation is 1. The van der Waals surface area contributed by atoms with Gasteiger partial charge in [0.15, 0.2) is 0 Å². The average Bonchev–Trinajstić information content (AvgIpc) is 2.47. The van der Waals surface area contributed by atoms with Gasteiger partial charge in [0.1, 0.15) is 0 Å². The Kier molecular flexibility index (Phi) is 4.39. The summed E-state index contributed by atoms with van der Waals surface area (Å²) in [6.45, 7) is 7.25. The van der Waals surface area contributed by atoms with Crippen LogP contribution in [0.2, 0.25) is 0 Å². The summed E-state index contributed by atoms with van der Waals surface area (Å²) in [6, 6.07) is 15.4. The van der Waals surface area contributed by atoms with Crippen LogP contribution >= 0.6 is 0 Å². The summed E-state index contributed by atoms with van der Waals surface area (Å²) < 4.78 is 0. The quantitative estimate of drug-likeness (QED) is 0.844. The third kappa shape index (κ3) is 3.05. The molecule has 2 aromatic carbocycles. The molecule has 0 spiro atoms. The molecule has 0 fully saturated rings. The molecule has 0 aliphatic heterocycles. The van der Waals surface area contributed by atoms with Crippen LogP contribution < -0.4 is 5.73 Å². The van der Waals surface area contributed by atoms with E-state index in [1.54, 1.807) is 0 Å². The Morgan fingerprint density at radius 3 is 2.32 bits per heavy atom. The lowest BCUT2D eigenvalue weighted by Crippen LogP contribution is -1.97. The largest absolute Gasteiger partial charge is 0.326 e. The minimum atomic E-state index is 0.595. The van der Waals surface area contributed by atoms with Gasteiger partial charge < -0.3 is 5.73 Å². The van der Waals surface area contributed by atoms with E-state index in [-0.39, 0.29) is 0 Å². The van der Waals surface area contributed by atoms with E-state index in [0.29, 0.717) is 12.5 Å². The van der Waals surface area contributed by atoms with Crippen molar-refractivity contribution in [2.24, 2.45) is 5.73 Å². The van der Waals surface area contributed by atoms with Gasteiger partial charge in [-0.05, 0) is 53.1 Å². The first-order valence-electron chi connectivity index (χ1n) is 7.05. The number of nitrogens with two attached hydrogens (primary N) is 1. The van der Waals surface area contributed by atoms with Gasteiger partial charge in [0.2, 0.25) is 0 Å². The minimum absolute atomic E-state index is 0.595. The van der Waals surface area contributed by atoms with E-state index in [2.05, 4.69) is 63.2 Å². The van der Waals surface area contributed by atoms with Gasteiger partial charge in [-0.3, -0.25) is 0 Å². The van der Waals surface area contributed by atoms with Crippen molar-refractivity contribution in [2.45, 2.75) is 39.7 Å². The highest BCUT2D eigenvalue weighted by molar-refractivity contribution is 5.68. The molecule has 0 radical (unpaired) electrons. The lowest BCUT2D eigenvalue weighted by Gasteiger charge is -2.12. The zero-order chi connectivity index (χ0) is 13.8. The molecule has 0 aliphatic rings. The molecule has 100 valence electrons. The van der Waals surface area contributed by atoms with Crippen LogP contribution in [0.25, 0.3) is 11.1 Å². The Hall–Kier alpha value is -1.60. The average molecular weight is 253 g/mol. The monoisotopic (exact) mass is 253 g/mol. The van der Waals surface area contributed by atoms with Gasteiger partial charge in [-0.15, -0.1) is 0 Å². The van der Waals surface area contributed by atoms with E-state index >= 15 is 0 Å². The second-order valence-electron chi connectivity index (χ2n) is 5.28. The summed E-state index contributed by atoms with van der Waals surface area (Å²) in [5.74, 6) is 0.630. The Bertz CT molecular complexity index is 540. The van der Waals surface area contributed by atoms with Gasteiger partial charge >= 0.3 is 0 Å². The zero-order valence-corrected chi connectivity index (χ0v) is 12.1. The maximum atomic E-state index is 5.73. The fourth-order valence-electron chi connectivity index (χ4n) is 2.33. The number of hydrogen-bond donors (Lipinski definition) is 1. The van der Waals surface area contributed by atoms with E-state index in [1.165, 1.54) is 34.2 Å². The number of rotatable bonds is 4. The fourth-order valence-corrected chi connectivity index (χ4v) is 2.33. The third-order valence-electron chi connectivity index (χ3n) is 3.94. The van der Waals surface area contributed by atoms with Crippen LogP contribution in [0.3, 0.4) is 0 Å². The van der Waals surface area contributed by atoms with E-state index in [0.717, 1.165) is 0 Å². The molecule has 0 saturated carbocycles. The van der Waals surface area contributed by atoms with Crippen LogP contribution in [0.4, 0.5) is 0 Å². The molecule has 0 bridgehead atoms. The molecule has 1 atom stereocenters. The first kappa shape index (κ1) is 13.8. The lowest BCUT2D eigenvalue weighted by molar-refractivity contribution is 0.734. The molecule has 2 rings (SSSR count). The number of hydrogen-bond acceptors (Lipinski definition) is 1. The lowest BCUT2D eigenvalue weighted by atomic mass is 9.93. The SMILES string of the molecule is CCC(C)c1ccc(-c2cc(CN)ccc2C)cc1. The zero-order valence-electron chi connectivity index (χ0n) is 12.1. The van der Waals surface area contributed by atoms with Gasteiger partial charge in [-0.2, -0.15) is 0 Å². The van der Waals surface area contributed by atoms with Crippen molar-refractivity contribution in [3.8, 4) is 11.1 Å². The van der Waals surface area contributed by atoms with Gasteiger partial charge in [0.05, 0.1) is 0 Å². The molecular weight excluding hydrogens is 230 g/mol. The molecule has 0 aliphatic carbocycles. The molecule has 2 N–H and O–H groups in total. The van der Waals surface area contributed by atoms with Crippen LogP contribution in [0, 0.1) is 6.92 Å². The first-order valence-corrected chi connectivity index (χ1v) is 7.05. The Labute approximate surface area is 116 Å². The van der Waals surface area contributed by atoms with Crippen LogP contribution in [-0.2, 0) is 6.54 Å². The van der Waals surface area contributed by atoms with Gasteiger partial charge in [0, 0.05) is 6.54 Å². The molecule has 1 unspecified atom stereocenters. The molecule has 2 aromatic rings. The predicted molar refractivity (Wildman–Crippen MR) is 83.2 cm³/mol. The standard InChI is InChI=1S/C18H23N/c1-4-13(2)16-7-9-17(10-8-16)18-11-15(12-19)6-5-14(18)3/h5-11,13H,4,12,19H2,1-3H3. The molecule has 0 heterocycles. The van der Waals surface area contributed by atoms with Crippen LogP contribution in [0.5, 0.6) is 0 Å². The number of benzene rings is 2. The summed E-state index contributed by atoms with van der Waals surface area (Å²) in [5.41, 5.74) is 12.2. The van der Waals surface area contributed by atoms with Crippen molar-refractivity contribution in [1.82, 2.24) is 0 Å². The molecule has 0 aromatic heterocycles. The molecule has 19 heavy (non-hydrogen) atoms. The van der Waals surface area contributed by atoms with E-state index in [4.69, 9.17) is 5.73 Å². The topological polar surface area (TPSA) is 26.0 Å². The highest BCUT2D eigenvalue weighted by atomic mass is 14.5. The minimum Gasteiger partial charge on any atom is -0.326 e. The van der Waals surface area contributed by atoms with Crippen LogP contribution in [-0.4, -0.2) is 0 Å². The molecule has 1 nitrogen and oxygen atoms in total. The predicted octanol–water partition coefficient (Wildman–Crippen LogP) is 4.63. The molecular formula is C18H23N. The Morgan fingerprint density at radius 2 is 1.74 bits per heavy atom. The normalized spacial score (nSPS) is 12.4.